The van der Waals surface area contributed by atoms with Crippen LogP contribution in [0.4, 0.5) is 0 Å². The fourth-order valence-electron chi connectivity index (χ4n) is 1.87. The van der Waals surface area contributed by atoms with Crippen LogP contribution in [0.3, 0.4) is 0 Å². The van der Waals surface area contributed by atoms with Crippen LogP contribution in [0.1, 0.15) is 64.7 Å². The number of rotatable bonds is 9. The van der Waals surface area contributed by atoms with Gasteiger partial charge in [-0.05, 0) is 48.4 Å². The standard InChI is InChI=1S/C20H24O3/c1-2-3-4-5-6-7-10-13-16-19(21)17-14-11-8-9-12-15-18-20(22)23/h19,21H,2-7,10,13,16H2,1H3,(H,22,23). The maximum atomic E-state index is 10.1. The Hall–Kier alpha value is -2.33. The number of hydrogen-bond donors (Lipinski definition) is 2. The second-order valence-electron chi connectivity index (χ2n) is 5.10. The molecular formula is C20H24O3. The van der Waals surface area contributed by atoms with E-state index in [4.69, 9.17) is 5.11 Å². The van der Waals surface area contributed by atoms with E-state index in [-0.39, 0.29) is 0 Å². The molecule has 0 radical (unpaired) electrons. The van der Waals surface area contributed by atoms with E-state index in [1.54, 1.807) is 0 Å². The van der Waals surface area contributed by atoms with E-state index in [9.17, 15) is 9.90 Å². The van der Waals surface area contributed by atoms with E-state index in [1.807, 2.05) is 5.92 Å². The number of hydrogen-bond acceptors (Lipinski definition) is 2. The Bertz CT molecular complexity index is 573. The Morgan fingerprint density at radius 1 is 0.826 bits per heavy atom. The molecule has 0 fully saturated rings. The monoisotopic (exact) mass is 312 g/mol. The van der Waals surface area contributed by atoms with Gasteiger partial charge in [0, 0.05) is 5.92 Å². The van der Waals surface area contributed by atoms with Crippen molar-refractivity contribution < 1.29 is 15.0 Å². The van der Waals surface area contributed by atoms with Crippen molar-refractivity contribution in [2.45, 2.75) is 70.8 Å². The number of carboxylic acids is 1. The number of unbranched alkanes of at least 4 members (excludes halogenated alkanes) is 7. The van der Waals surface area contributed by atoms with Crippen LogP contribution in [0.25, 0.3) is 0 Å². The molecule has 2 N–H and O–H groups in total. The largest absolute Gasteiger partial charge is 0.472 e. The fourth-order valence-corrected chi connectivity index (χ4v) is 1.87. The number of aliphatic hydroxyl groups excluding tert-OH is 1. The minimum atomic E-state index is -1.23. The first kappa shape index (κ1) is 20.7. The van der Waals surface area contributed by atoms with E-state index >= 15 is 0 Å². The van der Waals surface area contributed by atoms with Crippen LogP contribution in [-0.4, -0.2) is 22.3 Å². The number of carbonyl (C=O) groups is 1. The Balaban J connectivity index is 3.74. The van der Waals surface area contributed by atoms with E-state index in [0.29, 0.717) is 6.42 Å². The molecule has 0 aromatic carbocycles. The summed E-state index contributed by atoms with van der Waals surface area (Å²) in [6.45, 7) is 2.22. The maximum Gasteiger partial charge on any atom is 0.382 e. The van der Waals surface area contributed by atoms with E-state index in [0.717, 1.165) is 12.8 Å². The average Bonchev–Trinajstić information content (AvgIpc) is 2.52. The Kier molecular flexibility index (Phi) is 14.4. The molecule has 0 bridgehead atoms. The molecule has 0 amide bonds. The van der Waals surface area contributed by atoms with Crippen molar-refractivity contribution in [1.82, 2.24) is 0 Å². The van der Waals surface area contributed by atoms with Crippen molar-refractivity contribution >= 4 is 5.97 Å². The van der Waals surface area contributed by atoms with Crippen LogP contribution < -0.4 is 0 Å². The predicted molar refractivity (Wildman–Crippen MR) is 92.0 cm³/mol. The molecule has 122 valence electrons. The fraction of sp³-hybridized carbons (Fsp3) is 0.550. The molecule has 3 nitrogen and oxygen atoms in total. The van der Waals surface area contributed by atoms with Crippen LogP contribution in [0.15, 0.2) is 0 Å². The second kappa shape index (κ2) is 16.0. The van der Waals surface area contributed by atoms with E-state index in [2.05, 4.69) is 48.4 Å². The third-order valence-corrected chi connectivity index (χ3v) is 3.05. The van der Waals surface area contributed by atoms with E-state index < -0.39 is 12.1 Å². The predicted octanol–water partition coefficient (Wildman–Crippen LogP) is 2.98. The van der Waals surface area contributed by atoms with Gasteiger partial charge < -0.3 is 10.2 Å². The zero-order valence-corrected chi connectivity index (χ0v) is 13.7. The van der Waals surface area contributed by atoms with Gasteiger partial charge in [0.05, 0.1) is 0 Å². The molecule has 0 aromatic heterocycles. The molecule has 0 saturated heterocycles. The molecule has 1 atom stereocenters. The lowest BCUT2D eigenvalue weighted by Crippen LogP contribution is -2.01. The highest BCUT2D eigenvalue weighted by Crippen LogP contribution is 2.10. The third kappa shape index (κ3) is 17.6. The van der Waals surface area contributed by atoms with Crippen molar-refractivity contribution in [2.75, 3.05) is 0 Å². The van der Waals surface area contributed by atoms with Gasteiger partial charge in [-0.15, -0.1) is 0 Å². The van der Waals surface area contributed by atoms with Crippen LogP contribution in [0, 0.1) is 47.4 Å². The lowest BCUT2D eigenvalue weighted by atomic mass is 10.1. The molecule has 0 aliphatic rings. The van der Waals surface area contributed by atoms with Crippen LogP contribution in [-0.2, 0) is 4.79 Å². The zero-order chi connectivity index (χ0) is 17.2. The van der Waals surface area contributed by atoms with Crippen LogP contribution >= 0.6 is 0 Å². The average molecular weight is 312 g/mol. The molecular weight excluding hydrogens is 288 g/mol. The summed E-state index contributed by atoms with van der Waals surface area (Å²) in [5, 5.41) is 17.9. The number of aliphatic hydroxyl groups is 1. The van der Waals surface area contributed by atoms with Crippen molar-refractivity contribution in [3.8, 4) is 47.4 Å². The molecule has 0 aromatic rings. The topological polar surface area (TPSA) is 57.5 Å². The van der Waals surface area contributed by atoms with Crippen molar-refractivity contribution in [3.05, 3.63) is 0 Å². The zero-order valence-electron chi connectivity index (χ0n) is 13.7. The molecule has 0 aliphatic heterocycles. The molecule has 0 rings (SSSR count). The van der Waals surface area contributed by atoms with Gasteiger partial charge in [-0.25, -0.2) is 4.79 Å². The highest BCUT2D eigenvalue weighted by molar-refractivity contribution is 5.87. The van der Waals surface area contributed by atoms with Gasteiger partial charge in [-0.1, -0.05) is 57.8 Å². The highest BCUT2D eigenvalue weighted by Gasteiger charge is 1.98. The molecule has 0 saturated carbocycles. The summed E-state index contributed by atoms with van der Waals surface area (Å²) in [6, 6.07) is 0. The Morgan fingerprint density at radius 2 is 1.35 bits per heavy atom. The molecule has 0 spiro atoms. The summed E-state index contributed by atoms with van der Waals surface area (Å²) in [5.41, 5.74) is 0. The lowest BCUT2D eigenvalue weighted by molar-refractivity contribution is -0.130. The molecule has 0 aliphatic carbocycles. The first-order valence-corrected chi connectivity index (χ1v) is 8.09. The highest BCUT2D eigenvalue weighted by atomic mass is 16.4. The van der Waals surface area contributed by atoms with Crippen LogP contribution in [0.5, 0.6) is 0 Å². The Morgan fingerprint density at radius 3 is 1.96 bits per heavy atom. The minimum absolute atomic E-state index is 0.649. The number of carboxylic acid groups (broad SMARTS) is 1. The molecule has 0 heterocycles. The first-order valence-electron chi connectivity index (χ1n) is 8.09. The lowest BCUT2D eigenvalue weighted by Gasteiger charge is -2.03. The van der Waals surface area contributed by atoms with Crippen molar-refractivity contribution in [3.63, 3.8) is 0 Å². The summed E-state index contributed by atoms with van der Waals surface area (Å²) in [7, 11) is 0. The van der Waals surface area contributed by atoms with Crippen molar-refractivity contribution in [1.29, 1.82) is 0 Å². The summed E-state index contributed by atoms with van der Waals surface area (Å²) in [4.78, 5) is 10.1. The van der Waals surface area contributed by atoms with Gasteiger partial charge in [0.15, 0.2) is 0 Å². The second-order valence-corrected chi connectivity index (χ2v) is 5.10. The smallest absolute Gasteiger partial charge is 0.382 e. The summed E-state index contributed by atoms with van der Waals surface area (Å²) >= 11 is 0. The van der Waals surface area contributed by atoms with Gasteiger partial charge >= 0.3 is 5.97 Å². The van der Waals surface area contributed by atoms with Gasteiger partial charge in [-0.3, -0.25) is 0 Å². The first-order chi connectivity index (χ1) is 11.2. The van der Waals surface area contributed by atoms with Gasteiger partial charge in [0.1, 0.15) is 6.10 Å². The van der Waals surface area contributed by atoms with Gasteiger partial charge in [0.2, 0.25) is 0 Å². The molecule has 3 heteroatoms. The number of aliphatic carboxylic acids is 1. The molecule has 23 heavy (non-hydrogen) atoms. The summed E-state index contributed by atoms with van der Waals surface area (Å²) < 4.78 is 0. The SMILES string of the molecule is CCCCCCCCCCC(O)C#CC#CC#CC#CC(=O)O. The maximum absolute atomic E-state index is 10.1. The normalized spacial score (nSPS) is 9.65. The van der Waals surface area contributed by atoms with Gasteiger partial charge in [-0.2, -0.15) is 0 Å². The minimum Gasteiger partial charge on any atom is -0.472 e. The van der Waals surface area contributed by atoms with Crippen molar-refractivity contribution in [2.24, 2.45) is 0 Å². The van der Waals surface area contributed by atoms with Gasteiger partial charge in [0.25, 0.3) is 0 Å². The Labute approximate surface area is 139 Å². The van der Waals surface area contributed by atoms with E-state index in [1.165, 1.54) is 38.5 Å². The molecule has 1 unspecified atom stereocenters. The third-order valence-electron chi connectivity index (χ3n) is 3.05. The summed E-state index contributed by atoms with van der Waals surface area (Å²) in [5.74, 6) is 17.5. The van der Waals surface area contributed by atoms with Crippen LogP contribution in [0.2, 0.25) is 0 Å². The quantitative estimate of drug-likeness (QED) is 0.508. The summed E-state index contributed by atoms with van der Waals surface area (Å²) in [6.07, 6.45) is 9.85.